The smallest absolute Gasteiger partial charge is 0.114 e. The molecule has 0 radical (unpaired) electrons. The molecule has 0 bridgehead atoms. The van der Waals surface area contributed by atoms with Crippen molar-refractivity contribution in [1.29, 1.82) is 0 Å². The van der Waals surface area contributed by atoms with Gasteiger partial charge in [-0.15, -0.1) is 0 Å². The average Bonchev–Trinajstić information content (AvgIpc) is 2.75. The number of nitrogens with zero attached hydrogens (tertiary/aromatic N) is 2. The lowest BCUT2D eigenvalue weighted by atomic mass is 9.79. The third-order valence-electron chi connectivity index (χ3n) is 4.45. The topological polar surface area (TPSA) is 17.8 Å². The summed E-state index contributed by atoms with van der Waals surface area (Å²) in [6.07, 6.45) is 14.1. The van der Waals surface area contributed by atoms with Crippen LogP contribution in [0.4, 0.5) is 0 Å². The molecule has 0 aliphatic heterocycles. The highest BCUT2D eigenvalue weighted by atomic mass is 15.1. The van der Waals surface area contributed by atoms with Crippen LogP contribution in [0.2, 0.25) is 0 Å². The van der Waals surface area contributed by atoms with Gasteiger partial charge in [0.25, 0.3) is 0 Å². The van der Waals surface area contributed by atoms with Gasteiger partial charge in [-0.1, -0.05) is 65.7 Å². The van der Waals surface area contributed by atoms with Crippen LogP contribution in [0.25, 0.3) is 0 Å². The van der Waals surface area contributed by atoms with Gasteiger partial charge in [0.2, 0.25) is 0 Å². The first-order valence-corrected chi connectivity index (χ1v) is 8.54. The molecule has 20 heavy (non-hydrogen) atoms. The van der Waals surface area contributed by atoms with Gasteiger partial charge in [0, 0.05) is 18.7 Å². The van der Waals surface area contributed by atoms with Crippen molar-refractivity contribution in [3.63, 3.8) is 0 Å². The Hall–Kier alpha value is -0.790. The summed E-state index contributed by atoms with van der Waals surface area (Å²) >= 11 is 0. The van der Waals surface area contributed by atoms with Gasteiger partial charge in [0.05, 0.1) is 5.69 Å². The van der Waals surface area contributed by atoms with Crippen LogP contribution in [-0.2, 0) is 12.5 Å². The Kier molecular flexibility index (Phi) is 7.32. The molecule has 0 aliphatic carbocycles. The molecule has 2 heteroatoms. The first kappa shape index (κ1) is 17.3. The fraction of sp³-hybridized carbons (Fsp3) is 0.833. The van der Waals surface area contributed by atoms with Gasteiger partial charge in [-0.3, -0.25) is 0 Å². The van der Waals surface area contributed by atoms with Crippen molar-refractivity contribution in [2.45, 2.75) is 90.9 Å². The van der Waals surface area contributed by atoms with E-state index in [1.54, 1.807) is 0 Å². The standard InChI is InChI=1S/C18H34N2/c1-6-8-10-12-14-18(4,13-11-9-7-2)17-19-16(3)15-20(17)5/h15H,6-14H2,1-5H3. The van der Waals surface area contributed by atoms with Gasteiger partial charge >= 0.3 is 0 Å². The van der Waals surface area contributed by atoms with Crippen molar-refractivity contribution in [2.24, 2.45) is 7.05 Å². The van der Waals surface area contributed by atoms with E-state index in [2.05, 4.69) is 45.5 Å². The molecule has 1 rings (SSSR count). The summed E-state index contributed by atoms with van der Waals surface area (Å²) in [5.74, 6) is 1.29. The predicted octanol–water partition coefficient (Wildman–Crippen LogP) is 5.54. The Morgan fingerprint density at radius 3 is 2.05 bits per heavy atom. The van der Waals surface area contributed by atoms with Crippen molar-refractivity contribution in [2.75, 3.05) is 0 Å². The highest BCUT2D eigenvalue weighted by Gasteiger charge is 2.29. The van der Waals surface area contributed by atoms with E-state index in [4.69, 9.17) is 4.98 Å². The Balaban J connectivity index is 2.74. The van der Waals surface area contributed by atoms with Crippen LogP contribution in [0.1, 0.15) is 90.1 Å². The van der Waals surface area contributed by atoms with E-state index in [1.165, 1.54) is 63.6 Å². The second-order valence-corrected chi connectivity index (χ2v) is 6.65. The van der Waals surface area contributed by atoms with Crippen LogP contribution in [-0.4, -0.2) is 9.55 Å². The predicted molar refractivity (Wildman–Crippen MR) is 88.2 cm³/mol. The molecule has 0 aliphatic rings. The van der Waals surface area contributed by atoms with E-state index in [0.29, 0.717) is 0 Å². The Morgan fingerprint density at radius 1 is 1.00 bits per heavy atom. The van der Waals surface area contributed by atoms with E-state index >= 15 is 0 Å². The Bertz CT molecular complexity index is 381. The molecule has 116 valence electrons. The van der Waals surface area contributed by atoms with Gasteiger partial charge < -0.3 is 4.57 Å². The maximum absolute atomic E-state index is 4.82. The maximum Gasteiger partial charge on any atom is 0.114 e. The van der Waals surface area contributed by atoms with Crippen molar-refractivity contribution < 1.29 is 0 Å². The molecule has 1 aromatic heterocycles. The van der Waals surface area contributed by atoms with Crippen LogP contribution in [0, 0.1) is 6.92 Å². The van der Waals surface area contributed by atoms with E-state index < -0.39 is 0 Å². The molecule has 1 heterocycles. The zero-order chi connectivity index (χ0) is 15.0. The minimum absolute atomic E-state index is 0.256. The molecule has 1 unspecified atom stereocenters. The largest absolute Gasteiger partial charge is 0.337 e. The lowest BCUT2D eigenvalue weighted by Crippen LogP contribution is -2.26. The van der Waals surface area contributed by atoms with Crippen molar-refractivity contribution in [1.82, 2.24) is 9.55 Å². The second-order valence-electron chi connectivity index (χ2n) is 6.65. The fourth-order valence-corrected chi connectivity index (χ4v) is 3.23. The van der Waals surface area contributed by atoms with Crippen LogP contribution >= 0.6 is 0 Å². The summed E-state index contributed by atoms with van der Waals surface area (Å²) in [6.45, 7) is 9.09. The number of aromatic nitrogens is 2. The third-order valence-corrected chi connectivity index (χ3v) is 4.45. The quantitative estimate of drug-likeness (QED) is 0.514. The van der Waals surface area contributed by atoms with Crippen molar-refractivity contribution >= 4 is 0 Å². The summed E-state index contributed by atoms with van der Waals surface area (Å²) in [6, 6.07) is 0. The molecule has 1 atom stereocenters. The molecule has 0 amide bonds. The Labute approximate surface area is 126 Å². The molecule has 0 saturated heterocycles. The average molecular weight is 278 g/mol. The van der Waals surface area contributed by atoms with E-state index in [9.17, 15) is 0 Å². The number of aryl methyl sites for hydroxylation is 2. The summed E-state index contributed by atoms with van der Waals surface area (Å²) in [7, 11) is 2.15. The number of hydrogen-bond donors (Lipinski definition) is 0. The van der Waals surface area contributed by atoms with Crippen molar-refractivity contribution in [3.05, 3.63) is 17.7 Å². The van der Waals surface area contributed by atoms with Crippen LogP contribution in [0.3, 0.4) is 0 Å². The highest BCUT2D eigenvalue weighted by molar-refractivity contribution is 5.12. The van der Waals surface area contributed by atoms with Gasteiger partial charge in [-0.2, -0.15) is 0 Å². The summed E-state index contributed by atoms with van der Waals surface area (Å²) in [5.41, 5.74) is 1.41. The molecule has 0 aromatic carbocycles. The Morgan fingerprint density at radius 2 is 1.55 bits per heavy atom. The molecular weight excluding hydrogens is 244 g/mol. The SMILES string of the molecule is CCCCCCC(C)(CCCCC)c1nc(C)cn1C. The second kappa shape index (κ2) is 8.49. The summed E-state index contributed by atoms with van der Waals surface area (Å²) < 4.78 is 2.25. The molecule has 0 spiro atoms. The van der Waals surface area contributed by atoms with E-state index in [1.807, 2.05) is 0 Å². The van der Waals surface area contributed by atoms with Gasteiger partial charge in [0.15, 0.2) is 0 Å². The molecule has 0 fully saturated rings. The molecule has 2 nitrogen and oxygen atoms in total. The van der Waals surface area contributed by atoms with Crippen LogP contribution < -0.4 is 0 Å². The van der Waals surface area contributed by atoms with E-state index in [0.717, 1.165) is 5.69 Å². The highest BCUT2D eigenvalue weighted by Crippen LogP contribution is 2.34. The minimum atomic E-state index is 0.256. The van der Waals surface area contributed by atoms with E-state index in [-0.39, 0.29) is 5.41 Å². The molecule has 0 saturated carbocycles. The monoisotopic (exact) mass is 278 g/mol. The molecular formula is C18H34N2. The van der Waals surface area contributed by atoms with Crippen molar-refractivity contribution in [3.8, 4) is 0 Å². The molecule has 1 aromatic rings. The van der Waals surface area contributed by atoms with Gasteiger partial charge in [-0.25, -0.2) is 4.98 Å². The third kappa shape index (κ3) is 4.96. The van der Waals surface area contributed by atoms with Gasteiger partial charge in [-0.05, 0) is 19.8 Å². The zero-order valence-corrected chi connectivity index (χ0v) is 14.3. The normalized spacial score (nSPS) is 14.4. The lowest BCUT2D eigenvalue weighted by Gasteiger charge is -2.29. The summed E-state index contributed by atoms with van der Waals surface area (Å²) in [4.78, 5) is 4.82. The first-order chi connectivity index (χ1) is 9.53. The fourth-order valence-electron chi connectivity index (χ4n) is 3.23. The van der Waals surface area contributed by atoms with Crippen LogP contribution in [0.5, 0.6) is 0 Å². The number of rotatable bonds is 10. The summed E-state index contributed by atoms with van der Waals surface area (Å²) in [5, 5.41) is 0. The van der Waals surface area contributed by atoms with Crippen LogP contribution in [0.15, 0.2) is 6.20 Å². The number of unbranched alkanes of at least 4 members (excludes halogenated alkanes) is 5. The number of hydrogen-bond acceptors (Lipinski definition) is 1. The minimum Gasteiger partial charge on any atom is -0.337 e. The lowest BCUT2D eigenvalue weighted by molar-refractivity contribution is 0.339. The zero-order valence-electron chi connectivity index (χ0n) is 14.3. The molecule has 0 N–H and O–H groups in total. The number of imidazole rings is 1. The maximum atomic E-state index is 4.82. The van der Waals surface area contributed by atoms with Gasteiger partial charge in [0.1, 0.15) is 5.82 Å². The first-order valence-electron chi connectivity index (χ1n) is 8.54.